The van der Waals surface area contributed by atoms with Crippen molar-refractivity contribution in [1.29, 1.82) is 0 Å². The lowest BCUT2D eigenvalue weighted by molar-refractivity contribution is -0.117. The highest BCUT2D eigenvalue weighted by Crippen LogP contribution is 2.18. The van der Waals surface area contributed by atoms with Gasteiger partial charge in [-0.2, -0.15) is 0 Å². The molecule has 0 bridgehead atoms. The summed E-state index contributed by atoms with van der Waals surface area (Å²) in [6, 6.07) is 14.9. The summed E-state index contributed by atoms with van der Waals surface area (Å²) in [7, 11) is 0. The summed E-state index contributed by atoms with van der Waals surface area (Å²) in [6.07, 6.45) is 1.16. The van der Waals surface area contributed by atoms with Gasteiger partial charge in [-0.3, -0.25) is 9.59 Å². The van der Waals surface area contributed by atoms with Crippen molar-refractivity contribution in [2.45, 2.75) is 33.2 Å². The number of carbonyl (C=O) groups excluding carboxylic acids is 2. The Morgan fingerprint density at radius 3 is 2.35 bits per heavy atom. The number of aryl methyl sites for hydroxylation is 1. The molecule has 0 radical (unpaired) electrons. The van der Waals surface area contributed by atoms with E-state index in [0.717, 1.165) is 23.3 Å². The first-order valence-electron chi connectivity index (χ1n) is 8.74. The van der Waals surface area contributed by atoms with E-state index in [1.807, 2.05) is 35.8 Å². The number of aromatic nitrogens is 2. The predicted molar refractivity (Wildman–Crippen MR) is 103 cm³/mol. The van der Waals surface area contributed by atoms with E-state index in [1.165, 1.54) is 0 Å². The average molecular weight is 350 g/mol. The molecule has 134 valence electrons. The van der Waals surface area contributed by atoms with E-state index in [1.54, 1.807) is 31.2 Å². The Morgan fingerprint density at radius 1 is 0.962 bits per heavy atom. The standard InChI is InChI=1S/C20H22N4O2/c1-3-18-23-16-10-5-6-11-17(16)24(18)13-20(26)22-15-9-7-8-14(12-15)21-19(25)4-2/h5-12H,3-4,13H2,1-2H3,(H,21,25)(H,22,26). The van der Waals surface area contributed by atoms with E-state index in [0.29, 0.717) is 17.8 Å². The van der Waals surface area contributed by atoms with Gasteiger partial charge >= 0.3 is 0 Å². The number of hydrogen-bond donors (Lipinski definition) is 2. The van der Waals surface area contributed by atoms with Gasteiger partial charge in [0.05, 0.1) is 11.0 Å². The van der Waals surface area contributed by atoms with Crippen LogP contribution in [0.5, 0.6) is 0 Å². The highest BCUT2D eigenvalue weighted by molar-refractivity contribution is 5.94. The lowest BCUT2D eigenvalue weighted by atomic mass is 10.2. The molecule has 2 N–H and O–H groups in total. The lowest BCUT2D eigenvalue weighted by Gasteiger charge is -2.11. The smallest absolute Gasteiger partial charge is 0.244 e. The number of anilines is 2. The van der Waals surface area contributed by atoms with Crippen molar-refractivity contribution < 1.29 is 9.59 Å². The van der Waals surface area contributed by atoms with Crippen molar-refractivity contribution in [2.24, 2.45) is 0 Å². The predicted octanol–water partition coefficient (Wildman–Crippen LogP) is 3.59. The van der Waals surface area contributed by atoms with Gasteiger partial charge in [0.2, 0.25) is 11.8 Å². The van der Waals surface area contributed by atoms with Crippen LogP contribution in [0.15, 0.2) is 48.5 Å². The topological polar surface area (TPSA) is 76.0 Å². The number of rotatable bonds is 6. The Morgan fingerprint density at radius 2 is 1.65 bits per heavy atom. The maximum atomic E-state index is 12.5. The number of imidazole rings is 1. The van der Waals surface area contributed by atoms with Crippen molar-refractivity contribution in [3.8, 4) is 0 Å². The van der Waals surface area contributed by atoms with Gasteiger partial charge in [-0.25, -0.2) is 4.98 Å². The Bertz CT molecular complexity index is 946. The molecule has 26 heavy (non-hydrogen) atoms. The molecule has 0 aliphatic heterocycles. The summed E-state index contributed by atoms with van der Waals surface area (Å²) in [5.74, 6) is 0.679. The van der Waals surface area contributed by atoms with Crippen molar-refractivity contribution >= 4 is 34.2 Å². The molecule has 0 fully saturated rings. The summed E-state index contributed by atoms with van der Waals surface area (Å²) in [5, 5.41) is 5.68. The summed E-state index contributed by atoms with van der Waals surface area (Å²) in [4.78, 5) is 28.6. The van der Waals surface area contributed by atoms with Crippen LogP contribution in [0.1, 0.15) is 26.1 Å². The zero-order valence-electron chi connectivity index (χ0n) is 15.0. The lowest BCUT2D eigenvalue weighted by Crippen LogP contribution is -2.20. The number of fused-ring (bicyclic) bond motifs is 1. The second-order valence-electron chi connectivity index (χ2n) is 5.99. The van der Waals surface area contributed by atoms with Crippen molar-refractivity contribution in [2.75, 3.05) is 10.6 Å². The molecule has 3 aromatic rings. The Kier molecular flexibility index (Phi) is 5.31. The highest BCUT2D eigenvalue weighted by atomic mass is 16.2. The van der Waals surface area contributed by atoms with Crippen molar-refractivity contribution in [3.05, 3.63) is 54.4 Å². The van der Waals surface area contributed by atoms with Crippen LogP contribution in [0, 0.1) is 0 Å². The fourth-order valence-electron chi connectivity index (χ4n) is 2.84. The highest BCUT2D eigenvalue weighted by Gasteiger charge is 2.12. The molecule has 0 spiro atoms. The third-order valence-corrected chi connectivity index (χ3v) is 4.10. The average Bonchev–Trinajstić information content (AvgIpc) is 2.99. The van der Waals surface area contributed by atoms with E-state index in [9.17, 15) is 9.59 Å². The van der Waals surface area contributed by atoms with E-state index < -0.39 is 0 Å². The van der Waals surface area contributed by atoms with Crippen molar-refractivity contribution in [1.82, 2.24) is 9.55 Å². The van der Waals surface area contributed by atoms with Crippen LogP contribution in [-0.4, -0.2) is 21.4 Å². The molecule has 2 aromatic carbocycles. The van der Waals surface area contributed by atoms with Gasteiger partial charge in [-0.1, -0.05) is 32.0 Å². The van der Waals surface area contributed by atoms with E-state index >= 15 is 0 Å². The monoisotopic (exact) mass is 350 g/mol. The van der Waals surface area contributed by atoms with E-state index in [2.05, 4.69) is 15.6 Å². The maximum Gasteiger partial charge on any atom is 0.244 e. The zero-order valence-corrected chi connectivity index (χ0v) is 15.0. The normalized spacial score (nSPS) is 10.7. The minimum Gasteiger partial charge on any atom is -0.326 e. The SMILES string of the molecule is CCC(=O)Nc1cccc(NC(=O)Cn2c(CC)nc3ccccc32)c1. The van der Waals surface area contributed by atoms with Gasteiger partial charge in [0.15, 0.2) is 0 Å². The molecule has 0 unspecified atom stereocenters. The molecule has 0 aliphatic rings. The summed E-state index contributed by atoms with van der Waals surface area (Å²) >= 11 is 0. The summed E-state index contributed by atoms with van der Waals surface area (Å²) in [5.41, 5.74) is 3.15. The fourth-order valence-corrected chi connectivity index (χ4v) is 2.84. The van der Waals surface area contributed by atoms with Gasteiger partial charge < -0.3 is 15.2 Å². The van der Waals surface area contributed by atoms with Gasteiger partial charge in [0.1, 0.15) is 12.4 Å². The second kappa shape index (κ2) is 7.82. The molecule has 6 heteroatoms. The molecule has 0 saturated carbocycles. The molecule has 0 atom stereocenters. The van der Waals surface area contributed by atoms with Crippen molar-refractivity contribution in [3.63, 3.8) is 0 Å². The molecule has 0 saturated heterocycles. The quantitative estimate of drug-likeness (QED) is 0.713. The van der Waals surface area contributed by atoms with Gasteiger partial charge in [0.25, 0.3) is 0 Å². The number of hydrogen-bond acceptors (Lipinski definition) is 3. The Labute approximate surface area is 152 Å². The second-order valence-corrected chi connectivity index (χ2v) is 5.99. The number of nitrogens with one attached hydrogen (secondary N) is 2. The van der Waals surface area contributed by atoms with Gasteiger partial charge in [-0.05, 0) is 30.3 Å². The fraction of sp³-hybridized carbons (Fsp3) is 0.250. The molecule has 6 nitrogen and oxygen atoms in total. The third kappa shape index (κ3) is 3.91. The minimum absolute atomic E-state index is 0.0639. The van der Waals surface area contributed by atoms with Crippen LogP contribution in [-0.2, 0) is 22.6 Å². The Balaban J connectivity index is 1.76. The molecular formula is C20H22N4O2. The molecular weight excluding hydrogens is 328 g/mol. The van der Waals surface area contributed by atoms with Gasteiger partial charge in [0, 0.05) is 24.2 Å². The van der Waals surface area contributed by atoms with Crippen LogP contribution < -0.4 is 10.6 Å². The van der Waals surface area contributed by atoms with Crippen LogP contribution in [0.4, 0.5) is 11.4 Å². The number of para-hydroxylation sites is 2. The summed E-state index contributed by atoms with van der Waals surface area (Å²) in [6.45, 7) is 4.01. The van der Waals surface area contributed by atoms with E-state index in [4.69, 9.17) is 0 Å². The van der Waals surface area contributed by atoms with E-state index in [-0.39, 0.29) is 18.4 Å². The first-order chi connectivity index (χ1) is 12.6. The molecule has 2 amide bonds. The van der Waals surface area contributed by atoms with Crippen LogP contribution in [0.3, 0.4) is 0 Å². The zero-order chi connectivity index (χ0) is 18.5. The van der Waals surface area contributed by atoms with Gasteiger partial charge in [-0.15, -0.1) is 0 Å². The first kappa shape index (κ1) is 17.7. The van der Waals surface area contributed by atoms with Crippen LogP contribution in [0.2, 0.25) is 0 Å². The summed E-state index contributed by atoms with van der Waals surface area (Å²) < 4.78 is 1.94. The molecule has 3 rings (SSSR count). The number of amides is 2. The molecule has 1 aromatic heterocycles. The number of carbonyl (C=O) groups is 2. The van der Waals surface area contributed by atoms with Crippen LogP contribution in [0.25, 0.3) is 11.0 Å². The first-order valence-corrected chi connectivity index (χ1v) is 8.74. The maximum absolute atomic E-state index is 12.5. The molecule has 1 heterocycles. The number of nitrogens with zero attached hydrogens (tertiary/aromatic N) is 2. The minimum atomic E-state index is -0.137. The third-order valence-electron chi connectivity index (χ3n) is 4.10. The van der Waals surface area contributed by atoms with Crippen LogP contribution >= 0.6 is 0 Å². The number of benzene rings is 2. The largest absolute Gasteiger partial charge is 0.326 e. The Hall–Kier alpha value is -3.15. The molecule has 0 aliphatic carbocycles.